The van der Waals surface area contributed by atoms with Crippen molar-refractivity contribution in [3.63, 3.8) is 0 Å². The van der Waals surface area contributed by atoms with Gasteiger partial charge in [-0.1, -0.05) is 45.1 Å². The monoisotopic (exact) mass is 255 g/mol. The van der Waals surface area contributed by atoms with Crippen LogP contribution in [0.2, 0.25) is 0 Å². The van der Waals surface area contributed by atoms with Gasteiger partial charge in [-0.25, -0.2) is 0 Å². The molecule has 18 heavy (non-hydrogen) atoms. The Morgan fingerprint density at radius 1 is 1.17 bits per heavy atom. The van der Waals surface area contributed by atoms with E-state index in [2.05, 4.69) is 12.2 Å². The summed E-state index contributed by atoms with van der Waals surface area (Å²) < 4.78 is 0. The number of unbranched alkanes of at least 4 members (excludes halogenated alkanes) is 6. The molecule has 1 atom stereocenters. The van der Waals surface area contributed by atoms with Crippen molar-refractivity contribution in [2.45, 2.75) is 64.8 Å². The third-order valence-corrected chi connectivity index (χ3v) is 2.72. The number of carboxylic acid groups (broad SMARTS) is 1. The second kappa shape index (κ2) is 10.8. The third kappa shape index (κ3) is 9.87. The van der Waals surface area contributed by atoms with Crippen LogP contribution >= 0.6 is 0 Å². The third-order valence-electron chi connectivity index (χ3n) is 2.72. The van der Waals surface area contributed by atoms with E-state index >= 15 is 0 Å². The normalized spacial score (nSPS) is 12.6. The molecule has 0 aliphatic carbocycles. The number of hydrogen-bond acceptors (Lipinski definition) is 2. The zero-order valence-corrected chi connectivity index (χ0v) is 11.4. The van der Waals surface area contributed by atoms with Gasteiger partial charge in [-0.3, -0.25) is 9.59 Å². The summed E-state index contributed by atoms with van der Waals surface area (Å²) in [7, 11) is 0. The first-order chi connectivity index (χ1) is 8.57. The molecule has 0 bridgehead atoms. The van der Waals surface area contributed by atoms with E-state index in [9.17, 15) is 9.59 Å². The van der Waals surface area contributed by atoms with Crippen LogP contribution in [0.3, 0.4) is 0 Å². The molecule has 0 saturated heterocycles. The van der Waals surface area contributed by atoms with Gasteiger partial charge in [0.2, 0.25) is 5.91 Å². The zero-order valence-electron chi connectivity index (χ0n) is 11.4. The first kappa shape index (κ1) is 16.7. The van der Waals surface area contributed by atoms with Crippen molar-refractivity contribution < 1.29 is 14.7 Å². The lowest BCUT2D eigenvalue weighted by Gasteiger charge is -2.05. The highest BCUT2D eigenvalue weighted by molar-refractivity contribution is 5.90. The standard InChI is InChI=1S/C14H25NO3/c1-3-4-5-6-7-8-9-10-11-13(16)15-12(2)14(17)18/h10-12H,3-9H2,1-2H3,(H,15,16)(H,17,18)/t12-/m0/s1. The largest absolute Gasteiger partial charge is 0.480 e. The van der Waals surface area contributed by atoms with Gasteiger partial charge in [-0.15, -0.1) is 0 Å². The number of hydrogen-bond donors (Lipinski definition) is 2. The molecule has 0 aromatic rings. The fourth-order valence-electron chi connectivity index (χ4n) is 1.56. The molecule has 0 unspecified atom stereocenters. The lowest BCUT2D eigenvalue weighted by molar-refractivity contribution is -0.140. The Balaban J connectivity index is 3.52. The number of carbonyl (C=O) groups is 2. The van der Waals surface area contributed by atoms with Crippen molar-refractivity contribution in [1.82, 2.24) is 5.32 Å². The van der Waals surface area contributed by atoms with Gasteiger partial charge < -0.3 is 10.4 Å². The number of allylic oxidation sites excluding steroid dienone is 1. The van der Waals surface area contributed by atoms with Gasteiger partial charge in [0.25, 0.3) is 0 Å². The van der Waals surface area contributed by atoms with E-state index in [1.165, 1.54) is 45.1 Å². The SMILES string of the molecule is CCCCCCCCC=CC(=O)N[C@@H](C)C(=O)O. The summed E-state index contributed by atoms with van der Waals surface area (Å²) in [5.41, 5.74) is 0. The molecule has 1 amide bonds. The Morgan fingerprint density at radius 3 is 2.39 bits per heavy atom. The van der Waals surface area contributed by atoms with E-state index in [1.807, 2.05) is 6.08 Å². The second-order valence-corrected chi connectivity index (χ2v) is 4.53. The van der Waals surface area contributed by atoms with E-state index in [-0.39, 0.29) is 5.91 Å². The predicted molar refractivity (Wildman–Crippen MR) is 72.4 cm³/mol. The molecular weight excluding hydrogens is 230 g/mol. The molecular formula is C14H25NO3. The molecule has 2 N–H and O–H groups in total. The van der Waals surface area contributed by atoms with Gasteiger partial charge in [-0.2, -0.15) is 0 Å². The molecule has 0 aliphatic rings. The molecule has 104 valence electrons. The Hall–Kier alpha value is -1.32. The number of rotatable bonds is 10. The minimum absolute atomic E-state index is 0.337. The molecule has 0 fully saturated rings. The number of carbonyl (C=O) groups excluding carboxylic acids is 1. The van der Waals surface area contributed by atoms with Crippen LogP contribution in [0.15, 0.2) is 12.2 Å². The Kier molecular flexibility index (Phi) is 10.0. The molecule has 0 aromatic carbocycles. The number of carboxylic acids is 1. The number of nitrogens with one attached hydrogen (secondary N) is 1. The maximum atomic E-state index is 11.3. The average Bonchev–Trinajstić information content (AvgIpc) is 2.32. The molecule has 0 rings (SSSR count). The second-order valence-electron chi connectivity index (χ2n) is 4.53. The quantitative estimate of drug-likeness (QED) is 0.466. The number of aliphatic carboxylic acids is 1. The summed E-state index contributed by atoms with van der Waals surface area (Å²) in [4.78, 5) is 21.8. The zero-order chi connectivity index (χ0) is 13.8. The van der Waals surface area contributed by atoms with Gasteiger partial charge in [0.1, 0.15) is 6.04 Å². The van der Waals surface area contributed by atoms with Crippen molar-refractivity contribution in [2.24, 2.45) is 0 Å². The van der Waals surface area contributed by atoms with Crippen LogP contribution in [0.4, 0.5) is 0 Å². The van der Waals surface area contributed by atoms with Crippen LogP contribution in [0.25, 0.3) is 0 Å². The van der Waals surface area contributed by atoms with Crippen LogP contribution in [0.5, 0.6) is 0 Å². The van der Waals surface area contributed by atoms with Crippen molar-refractivity contribution in [2.75, 3.05) is 0 Å². The first-order valence-corrected chi connectivity index (χ1v) is 6.77. The van der Waals surface area contributed by atoms with Crippen LogP contribution in [-0.4, -0.2) is 23.0 Å². The van der Waals surface area contributed by atoms with Crippen molar-refractivity contribution >= 4 is 11.9 Å². The molecule has 0 aromatic heterocycles. The van der Waals surface area contributed by atoms with Crippen LogP contribution < -0.4 is 5.32 Å². The minimum atomic E-state index is -1.02. The lowest BCUT2D eigenvalue weighted by atomic mass is 10.1. The molecule has 0 radical (unpaired) electrons. The average molecular weight is 255 g/mol. The topological polar surface area (TPSA) is 66.4 Å². The Morgan fingerprint density at radius 2 is 1.78 bits per heavy atom. The maximum absolute atomic E-state index is 11.3. The van der Waals surface area contributed by atoms with Gasteiger partial charge in [-0.05, 0) is 25.8 Å². The summed E-state index contributed by atoms with van der Waals surface area (Å²) in [6.45, 7) is 3.64. The summed E-state index contributed by atoms with van der Waals surface area (Å²) in [6, 6.07) is -0.837. The van der Waals surface area contributed by atoms with E-state index < -0.39 is 12.0 Å². The van der Waals surface area contributed by atoms with Crippen molar-refractivity contribution in [1.29, 1.82) is 0 Å². The van der Waals surface area contributed by atoms with Crippen LogP contribution in [0.1, 0.15) is 58.8 Å². The van der Waals surface area contributed by atoms with Gasteiger partial charge in [0.05, 0.1) is 0 Å². The fraction of sp³-hybridized carbons (Fsp3) is 0.714. The molecule has 0 saturated carbocycles. The predicted octanol–water partition coefficient (Wildman–Crippen LogP) is 2.88. The first-order valence-electron chi connectivity index (χ1n) is 6.77. The lowest BCUT2D eigenvalue weighted by Crippen LogP contribution is -2.37. The van der Waals surface area contributed by atoms with Gasteiger partial charge in [0.15, 0.2) is 0 Å². The van der Waals surface area contributed by atoms with E-state index in [0.717, 1.165) is 12.8 Å². The Bertz CT molecular complexity index is 274. The summed E-state index contributed by atoms with van der Waals surface area (Å²) in [5, 5.41) is 11.0. The van der Waals surface area contributed by atoms with E-state index in [0.29, 0.717) is 0 Å². The van der Waals surface area contributed by atoms with Crippen molar-refractivity contribution in [3.05, 3.63) is 12.2 Å². The Labute approximate surface area is 109 Å². The van der Waals surface area contributed by atoms with Gasteiger partial charge >= 0.3 is 5.97 Å². The maximum Gasteiger partial charge on any atom is 0.325 e. The molecule has 0 heterocycles. The highest BCUT2D eigenvalue weighted by atomic mass is 16.4. The molecule has 4 nitrogen and oxygen atoms in total. The van der Waals surface area contributed by atoms with Crippen LogP contribution in [0, 0.1) is 0 Å². The van der Waals surface area contributed by atoms with Crippen molar-refractivity contribution in [3.8, 4) is 0 Å². The fourth-order valence-corrected chi connectivity index (χ4v) is 1.56. The summed E-state index contributed by atoms with van der Waals surface area (Å²) in [5.74, 6) is -1.36. The highest BCUT2D eigenvalue weighted by Crippen LogP contribution is 2.06. The highest BCUT2D eigenvalue weighted by Gasteiger charge is 2.11. The molecule has 0 spiro atoms. The van der Waals surface area contributed by atoms with E-state index in [1.54, 1.807) is 0 Å². The summed E-state index contributed by atoms with van der Waals surface area (Å²) >= 11 is 0. The van der Waals surface area contributed by atoms with E-state index in [4.69, 9.17) is 5.11 Å². The number of amides is 1. The summed E-state index contributed by atoms with van der Waals surface area (Å²) in [6.07, 6.45) is 11.5. The molecule has 4 heteroatoms. The molecule has 0 aliphatic heterocycles. The minimum Gasteiger partial charge on any atom is -0.480 e. The van der Waals surface area contributed by atoms with Crippen LogP contribution in [-0.2, 0) is 9.59 Å². The van der Waals surface area contributed by atoms with Gasteiger partial charge in [0, 0.05) is 0 Å². The smallest absolute Gasteiger partial charge is 0.325 e.